The maximum absolute atomic E-state index is 12.4. The van der Waals surface area contributed by atoms with Gasteiger partial charge in [-0.2, -0.15) is 0 Å². The number of hydrogen-bond acceptors (Lipinski definition) is 5. The summed E-state index contributed by atoms with van der Waals surface area (Å²) in [5.74, 6) is 0.354. The molecule has 2 aromatic carbocycles. The van der Waals surface area contributed by atoms with E-state index in [0.29, 0.717) is 24.7 Å². The number of ether oxygens (including phenoxy) is 3. The van der Waals surface area contributed by atoms with Crippen molar-refractivity contribution in [2.75, 3.05) is 18.5 Å². The minimum absolute atomic E-state index is 0.374. The first-order valence-electron chi connectivity index (χ1n) is 9.50. The number of amides is 1. The van der Waals surface area contributed by atoms with E-state index in [1.54, 1.807) is 25.1 Å². The number of esters is 1. The summed E-state index contributed by atoms with van der Waals surface area (Å²) < 4.78 is 16.2. The van der Waals surface area contributed by atoms with Crippen LogP contribution in [0.4, 0.5) is 5.69 Å². The molecule has 1 aliphatic heterocycles. The van der Waals surface area contributed by atoms with Gasteiger partial charge in [-0.15, -0.1) is 0 Å². The summed E-state index contributed by atoms with van der Waals surface area (Å²) in [6, 6.07) is 9.39. The predicted molar refractivity (Wildman–Crippen MR) is 111 cm³/mol. The normalized spacial score (nSPS) is 13.8. The Hall–Kier alpha value is -3.28. The van der Waals surface area contributed by atoms with E-state index < -0.39 is 12.1 Å². The second-order valence-corrected chi connectivity index (χ2v) is 7.08. The standard InChI is InChI=1S/C23H25NO5/c1-14-11-15(2)22(16(3)12-14)24-23(26)17(4)29-21(25)8-6-18-5-7-19-20(13-18)28-10-9-27-19/h5-8,11-13,17H,9-10H2,1-4H3,(H,24,26)/b8-6+/t17-/m1/s1. The molecule has 3 rings (SSSR count). The maximum atomic E-state index is 12.4. The summed E-state index contributed by atoms with van der Waals surface area (Å²) in [5.41, 5.74) is 4.58. The molecule has 0 aromatic heterocycles. The Kier molecular flexibility index (Phi) is 6.22. The second kappa shape index (κ2) is 8.82. The van der Waals surface area contributed by atoms with Gasteiger partial charge in [-0.05, 0) is 62.6 Å². The molecule has 152 valence electrons. The Labute approximate surface area is 170 Å². The molecular weight excluding hydrogens is 370 g/mol. The van der Waals surface area contributed by atoms with Crippen molar-refractivity contribution in [2.45, 2.75) is 33.8 Å². The Morgan fingerprint density at radius 1 is 1.03 bits per heavy atom. The highest BCUT2D eigenvalue weighted by atomic mass is 16.6. The number of aryl methyl sites for hydroxylation is 3. The molecular formula is C23H25NO5. The second-order valence-electron chi connectivity index (χ2n) is 7.08. The molecule has 0 unspecified atom stereocenters. The lowest BCUT2D eigenvalue weighted by Gasteiger charge is -2.18. The molecule has 29 heavy (non-hydrogen) atoms. The van der Waals surface area contributed by atoms with Crippen molar-refractivity contribution in [2.24, 2.45) is 0 Å². The van der Waals surface area contributed by atoms with E-state index in [1.807, 2.05) is 39.0 Å². The van der Waals surface area contributed by atoms with Gasteiger partial charge in [0.15, 0.2) is 17.6 Å². The predicted octanol–water partition coefficient (Wildman–Crippen LogP) is 3.97. The third kappa shape index (κ3) is 5.16. The van der Waals surface area contributed by atoms with Crippen LogP contribution in [0.15, 0.2) is 36.4 Å². The minimum Gasteiger partial charge on any atom is -0.486 e. The molecule has 0 saturated heterocycles. The van der Waals surface area contributed by atoms with Gasteiger partial charge in [-0.3, -0.25) is 4.79 Å². The summed E-state index contributed by atoms with van der Waals surface area (Å²) >= 11 is 0. The van der Waals surface area contributed by atoms with Gasteiger partial charge in [0.2, 0.25) is 0 Å². The molecule has 0 radical (unpaired) electrons. The van der Waals surface area contributed by atoms with Crippen LogP contribution in [0.1, 0.15) is 29.2 Å². The Balaban J connectivity index is 1.59. The van der Waals surface area contributed by atoms with Crippen molar-refractivity contribution in [3.05, 3.63) is 58.7 Å². The number of rotatable bonds is 5. The van der Waals surface area contributed by atoms with E-state index in [1.165, 1.54) is 6.08 Å². The smallest absolute Gasteiger partial charge is 0.331 e. The SMILES string of the molecule is Cc1cc(C)c(NC(=O)[C@@H](C)OC(=O)/C=C/c2ccc3c(c2)OCCO3)c(C)c1. The molecule has 1 N–H and O–H groups in total. The highest BCUT2D eigenvalue weighted by Crippen LogP contribution is 2.31. The van der Waals surface area contributed by atoms with E-state index in [4.69, 9.17) is 14.2 Å². The minimum atomic E-state index is -0.924. The molecule has 0 spiro atoms. The van der Waals surface area contributed by atoms with E-state index in [0.717, 1.165) is 27.9 Å². The van der Waals surface area contributed by atoms with E-state index in [2.05, 4.69) is 5.32 Å². The zero-order valence-electron chi connectivity index (χ0n) is 17.1. The van der Waals surface area contributed by atoms with Crippen LogP contribution in [-0.2, 0) is 14.3 Å². The number of nitrogens with one attached hydrogen (secondary N) is 1. The molecule has 0 saturated carbocycles. The van der Waals surface area contributed by atoms with Crippen molar-refractivity contribution in [1.82, 2.24) is 0 Å². The van der Waals surface area contributed by atoms with Gasteiger partial charge in [0.1, 0.15) is 13.2 Å². The van der Waals surface area contributed by atoms with Crippen LogP contribution in [-0.4, -0.2) is 31.2 Å². The lowest BCUT2D eigenvalue weighted by atomic mass is 10.0. The number of benzene rings is 2. The molecule has 1 heterocycles. The number of hydrogen-bond donors (Lipinski definition) is 1. The first-order valence-corrected chi connectivity index (χ1v) is 9.50. The third-order valence-electron chi connectivity index (χ3n) is 4.57. The first-order chi connectivity index (χ1) is 13.8. The molecule has 2 aromatic rings. The highest BCUT2D eigenvalue weighted by Gasteiger charge is 2.18. The van der Waals surface area contributed by atoms with Crippen LogP contribution in [0.2, 0.25) is 0 Å². The van der Waals surface area contributed by atoms with E-state index >= 15 is 0 Å². The fraction of sp³-hybridized carbons (Fsp3) is 0.304. The number of carbonyl (C=O) groups excluding carboxylic acids is 2. The summed E-state index contributed by atoms with van der Waals surface area (Å²) in [5, 5.41) is 2.85. The molecule has 1 atom stereocenters. The van der Waals surface area contributed by atoms with Gasteiger partial charge >= 0.3 is 5.97 Å². The van der Waals surface area contributed by atoms with Crippen LogP contribution in [0.25, 0.3) is 6.08 Å². The van der Waals surface area contributed by atoms with Crippen molar-refractivity contribution in [3.63, 3.8) is 0 Å². The van der Waals surface area contributed by atoms with Crippen LogP contribution < -0.4 is 14.8 Å². The summed E-state index contributed by atoms with van der Waals surface area (Å²) in [6.07, 6.45) is 1.98. The number of anilines is 1. The summed E-state index contributed by atoms with van der Waals surface area (Å²) in [4.78, 5) is 24.5. The fourth-order valence-electron chi connectivity index (χ4n) is 3.20. The zero-order valence-corrected chi connectivity index (χ0v) is 17.1. The highest BCUT2D eigenvalue weighted by molar-refractivity contribution is 5.97. The van der Waals surface area contributed by atoms with Gasteiger partial charge in [0.05, 0.1) is 0 Å². The van der Waals surface area contributed by atoms with Gasteiger partial charge in [0.25, 0.3) is 5.91 Å². The topological polar surface area (TPSA) is 73.9 Å². The van der Waals surface area contributed by atoms with E-state index in [9.17, 15) is 9.59 Å². The molecule has 0 bridgehead atoms. The Bertz CT molecular complexity index is 941. The van der Waals surface area contributed by atoms with Crippen molar-refractivity contribution in [1.29, 1.82) is 0 Å². The van der Waals surface area contributed by atoms with Crippen LogP contribution in [0, 0.1) is 20.8 Å². The fourth-order valence-corrected chi connectivity index (χ4v) is 3.20. The Morgan fingerprint density at radius 3 is 2.38 bits per heavy atom. The lowest BCUT2D eigenvalue weighted by Crippen LogP contribution is -2.30. The Morgan fingerprint density at radius 2 is 1.69 bits per heavy atom. The summed E-state index contributed by atoms with van der Waals surface area (Å²) in [7, 11) is 0. The molecule has 0 aliphatic carbocycles. The van der Waals surface area contributed by atoms with Gasteiger partial charge < -0.3 is 19.5 Å². The first kappa shape index (κ1) is 20.5. The third-order valence-corrected chi connectivity index (χ3v) is 4.57. The van der Waals surface area contributed by atoms with Crippen molar-refractivity contribution >= 4 is 23.6 Å². The molecule has 1 aliphatic rings. The molecule has 1 amide bonds. The summed E-state index contributed by atoms with van der Waals surface area (Å²) in [6.45, 7) is 8.43. The van der Waals surface area contributed by atoms with Crippen molar-refractivity contribution < 1.29 is 23.8 Å². The molecule has 0 fully saturated rings. The monoisotopic (exact) mass is 395 g/mol. The zero-order chi connectivity index (χ0) is 21.0. The van der Waals surface area contributed by atoms with Crippen LogP contribution >= 0.6 is 0 Å². The average molecular weight is 395 g/mol. The quantitative estimate of drug-likeness (QED) is 0.613. The maximum Gasteiger partial charge on any atom is 0.331 e. The molecule has 6 heteroatoms. The van der Waals surface area contributed by atoms with E-state index in [-0.39, 0.29) is 5.91 Å². The van der Waals surface area contributed by atoms with Crippen LogP contribution in [0.3, 0.4) is 0 Å². The van der Waals surface area contributed by atoms with Crippen molar-refractivity contribution in [3.8, 4) is 11.5 Å². The lowest BCUT2D eigenvalue weighted by molar-refractivity contribution is -0.148. The van der Waals surface area contributed by atoms with Gasteiger partial charge in [-0.25, -0.2) is 4.79 Å². The van der Waals surface area contributed by atoms with Crippen LogP contribution in [0.5, 0.6) is 11.5 Å². The van der Waals surface area contributed by atoms with Gasteiger partial charge in [0, 0.05) is 11.8 Å². The molecule has 6 nitrogen and oxygen atoms in total. The van der Waals surface area contributed by atoms with Gasteiger partial charge in [-0.1, -0.05) is 23.8 Å². The number of fused-ring (bicyclic) bond motifs is 1. The number of carbonyl (C=O) groups is 2. The largest absolute Gasteiger partial charge is 0.486 e. The average Bonchev–Trinajstić information content (AvgIpc) is 2.68.